The average molecular weight is 298 g/mol. The summed E-state index contributed by atoms with van der Waals surface area (Å²) in [6.45, 7) is 2.19. The first kappa shape index (κ1) is 13.7. The maximum absolute atomic E-state index is 13.7. The Morgan fingerprint density at radius 1 is 1.50 bits per heavy atom. The van der Waals surface area contributed by atoms with Gasteiger partial charge in [-0.1, -0.05) is 29.8 Å². The van der Waals surface area contributed by atoms with Crippen molar-refractivity contribution in [1.29, 1.82) is 0 Å². The van der Waals surface area contributed by atoms with Gasteiger partial charge in [-0.2, -0.15) is 0 Å². The van der Waals surface area contributed by atoms with E-state index in [1.165, 1.54) is 0 Å². The number of hydrogen-bond donors (Lipinski definition) is 1. The van der Waals surface area contributed by atoms with Crippen LogP contribution >= 0.6 is 11.6 Å². The fourth-order valence-corrected chi connectivity index (χ4v) is 2.99. The van der Waals surface area contributed by atoms with Gasteiger partial charge >= 0.3 is 0 Å². The van der Waals surface area contributed by atoms with E-state index in [9.17, 15) is 9.18 Å². The molecule has 0 unspecified atom stereocenters. The van der Waals surface area contributed by atoms with E-state index in [-0.39, 0.29) is 18.4 Å². The van der Waals surface area contributed by atoms with Gasteiger partial charge in [0.1, 0.15) is 5.75 Å². The number of nitrogens with one attached hydrogen (secondary N) is 1. The molecule has 1 aromatic carbocycles. The number of ether oxygens (including phenoxy) is 1. The Morgan fingerprint density at radius 2 is 2.20 bits per heavy atom. The Morgan fingerprint density at radius 3 is 2.90 bits per heavy atom. The van der Waals surface area contributed by atoms with Crippen LogP contribution in [0.15, 0.2) is 24.3 Å². The van der Waals surface area contributed by atoms with E-state index < -0.39 is 10.5 Å². The van der Waals surface area contributed by atoms with Gasteiger partial charge in [0, 0.05) is 12.0 Å². The predicted octanol–water partition coefficient (Wildman–Crippen LogP) is 3.33. The van der Waals surface area contributed by atoms with Crippen LogP contribution in [0.5, 0.6) is 5.75 Å². The van der Waals surface area contributed by atoms with Crippen molar-refractivity contribution in [2.24, 2.45) is 5.41 Å². The van der Waals surface area contributed by atoms with Crippen molar-refractivity contribution >= 4 is 17.5 Å². The van der Waals surface area contributed by atoms with Gasteiger partial charge in [0.2, 0.25) is 5.91 Å². The molecule has 0 saturated heterocycles. The molecule has 1 amide bonds. The van der Waals surface area contributed by atoms with E-state index in [1.54, 1.807) is 6.92 Å². The van der Waals surface area contributed by atoms with Crippen molar-refractivity contribution in [2.45, 2.75) is 37.4 Å². The lowest BCUT2D eigenvalue weighted by molar-refractivity contribution is -0.127. The van der Waals surface area contributed by atoms with Crippen LogP contribution in [0, 0.1) is 5.41 Å². The smallest absolute Gasteiger partial charge is 0.231 e. The number of alkyl halides is 2. The van der Waals surface area contributed by atoms with Crippen LogP contribution in [0.1, 0.15) is 37.8 Å². The molecule has 1 aromatic rings. The summed E-state index contributed by atoms with van der Waals surface area (Å²) < 4.78 is 19.4. The summed E-state index contributed by atoms with van der Waals surface area (Å²) in [5.74, 6) is 0.463. The first-order valence-electron chi connectivity index (χ1n) is 6.84. The standard InChI is InChI=1S/C15H17ClFNO2/c1-14(9-15(14,16)17)13(19)18-11-6-4-8-20-12-7-3-2-5-10(11)12/h2-3,5,7,11H,4,6,8-9H2,1H3,(H,18,19)/t11-,14+,15-/m0/s1. The predicted molar refractivity (Wildman–Crippen MR) is 74.5 cm³/mol. The minimum Gasteiger partial charge on any atom is -0.493 e. The Labute approximate surface area is 122 Å². The van der Waals surface area contributed by atoms with Crippen LogP contribution in [-0.4, -0.2) is 17.6 Å². The van der Waals surface area contributed by atoms with E-state index in [2.05, 4.69) is 5.32 Å². The maximum Gasteiger partial charge on any atom is 0.231 e. The SMILES string of the molecule is C[C@]1(C(=O)N[C@H]2CCCOc3ccccc32)C[C@@]1(F)Cl. The molecule has 1 saturated carbocycles. The monoisotopic (exact) mass is 297 g/mol. The summed E-state index contributed by atoms with van der Waals surface area (Å²) in [5, 5.41) is 1.02. The van der Waals surface area contributed by atoms with E-state index in [1.807, 2.05) is 24.3 Å². The number of halogens is 2. The molecule has 3 nitrogen and oxygen atoms in total. The highest BCUT2D eigenvalue weighted by Crippen LogP contribution is 2.62. The van der Waals surface area contributed by atoms with Crippen molar-refractivity contribution in [3.63, 3.8) is 0 Å². The van der Waals surface area contributed by atoms with E-state index in [0.29, 0.717) is 6.61 Å². The highest BCUT2D eigenvalue weighted by molar-refractivity contribution is 6.28. The summed E-state index contributed by atoms with van der Waals surface area (Å²) in [5.41, 5.74) is -0.168. The van der Waals surface area contributed by atoms with Gasteiger partial charge in [0.25, 0.3) is 0 Å². The van der Waals surface area contributed by atoms with Crippen LogP contribution in [-0.2, 0) is 4.79 Å². The van der Waals surface area contributed by atoms with Gasteiger partial charge < -0.3 is 10.1 Å². The summed E-state index contributed by atoms with van der Waals surface area (Å²) in [4.78, 5) is 12.3. The first-order valence-corrected chi connectivity index (χ1v) is 7.22. The fraction of sp³-hybridized carbons (Fsp3) is 0.533. The van der Waals surface area contributed by atoms with Crippen LogP contribution < -0.4 is 10.1 Å². The van der Waals surface area contributed by atoms with Crippen LogP contribution in [0.4, 0.5) is 4.39 Å². The Hall–Kier alpha value is -1.29. The van der Waals surface area contributed by atoms with Crippen LogP contribution in [0.2, 0.25) is 0 Å². The van der Waals surface area contributed by atoms with Crippen molar-refractivity contribution in [1.82, 2.24) is 5.32 Å². The second kappa shape index (κ2) is 4.62. The Kier molecular flexibility index (Phi) is 3.16. The van der Waals surface area contributed by atoms with Crippen molar-refractivity contribution in [3.8, 4) is 5.75 Å². The van der Waals surface area contributed by atoms with Gasteiger partial charge in [-0.3, -0.25) is 4.79 Å². The van der Waals surface area contributed by atoms with Gasteiger partial charge in [-0.05, 0) is 25.8 Å². The Bertz CT molecular complexity index is 548. The third-order valence-corrected chi connectivity index (χ3v) is 4.80. The van der Waals surface area contributed by atoms with Gasteiger partial charge in [-0.15, -0.1) is 0 Å². The van der Waals surface area contributed by atoms with Crippen molar-refractivity contribution in [3.05, 3.63) is 29.8 Å². The summed E-state index contributed by atoms with van der Waals surface area (Å²) in [6, 6.07) is 7.48. The fourth-order valence-electron chi connectivity index (χ4n) is 2.64. The minimum atomic E-state index is -1.90. The molecule has 0 aromatic heterocycles. The lowest BCUT2D eigenvalue weighted by atomic mass is 10.00. The number of hydrogen-bond acceptors (Lipinski definition) is 2. The first-order chi connectivity index (χ1) is 9.44. The van der Waals surface area contributed by atoms with Crippen LogP contribution in [0.25, 0.3) is 0 Å². The van der Waals surface area contributed by atoms with Gasteiger partial charge in [0.05, 0.1) is 18.1 Å². The average Bonchev–Trinajstić information content (AvgIpc) is 3.00. The molecule has 108 valence electrons. The van der Waals surface area contributed by atoms with E-state index in [0.717, 1.165) is 24.2 Å². The normalized spacial score (nSPS) is 35.5. The molecule has 1 aliphatic heterocycles. The molecule has 20 heavy (non-hydrogen) atoms. The molecule has 1 N–H and O–H groups in total. The zero-order valence-corrected chi connectivity index (χ0v) is 12.0. The number of carbonyl (C=O) groups is 1. The molecule has 3 atom stereocenters. The Balaban J connectivity index is 1.80. The third-order valence-electron chi connectivity index (χ3n) is 4.25. The molecule has 0 radical (unpaired) electrons. The number of carbonyl (C=O) groups excluding carboxylic acids is 1. The van der Waals surface area contributed by atoms with Gasteiger partial charge in [-0.25, -0.2) is 4.39 Å². The lowest BCUT2D eigenvalue weighted by Gasteiger charge is -2.21. The summed E-state index contributed by atoms with van der Waals surface area (Å²) in [6.07, 6.45) is 1.69. The molecule has 0 bridgehead atoms. The number of fused-ring (bicyclic) bond motifs is 1. The topological polar surface area (TPSA) is 38.3 Å². The second-order valence-electron chi connectivity index (χ2n) is 5.77. The van der Waals surface area contributed by atoms with E-state index >= 15 is 0 Å². The molecule has 1 aliphatic carbocycles. The minimum absolute atomic E-state index is 0.0677. The number of amides is 1. The second-order valence-corrected chi connectivity index (χ2v) is 6.37. The van der Waals surface area contributed by atoms with E-state index in [4.69, 9.17) is 16.3 Å². The zero-order chi connectivity index (χ0) is 14.4. The molecule has 1 fully saturated rings. The highest BCUT2D eigenvalue weighted by Gasteiger charge is 2.70. The molecular formula is C15H17ClFNO2. The molecule has 0 spiro atoms. The lowest BCUT2D eigenvalue weighted by Crippen LogP contribution is -2.36. The van der Waals surface area contributed by atoms with Crippen molar-refractivity contribution in [2.75, 3.05) is 6.61 Å². The van der Waals surface area contributed by atoms with Crippen LogP contribution in [0.3, 0.4) is 0 Å². The molecule has 3 rings (SSSR count). The quantitative estimate of drug-likeness (QED) is 0.850. The zero-order valence-electron chi connectivity index (χ0n) is 11.3. The summed E-state index contributed by atoms with van der Waals surface area (Å²) >= 11 is 5.64. The molecule has 2 aliphatic rings. The van der Waals surface area contributed by atoms with Gasteiger partial charge in [0.15, 0.2) is 5.13 Å². The molecular weight excluding hydrogens is 281 g/mol. The highest BCUT2D eigenvalue weighted by atomic mass is 35.5. The number of para-hydroxylation sites is 1. The number of rotatable bonds is 2. The van der Waals surface area contributed by atoms with Crippen molar-refractivity contribution < 1.29 is 13.9 Å². The molecule has 5 heteroatoms. The molecule has 1 heterocycles. The third kappa shape index (κ3) is 2.16. The number of benzene rings is 1. The summed E-state index contributed by atoms with van der Waals surface area (Å²) in [7, 11) is 0. The maximum atomic E-state index is 13.7. The largest absolute Gasteiger partial charge is 0.493 e.